The van der Waals surface area contributed by atoms with Crippen LogP contribution in [0.2, 0.25) is 0 Å². The Balaban J connectivity index is 1.40. The van der Waals surface area contributed by atoms with Gasteiger partial charge in [0.2, 0.25) is 5.91 Å². The van der Waals surface area contributed by atoms with Gasteiger partial charge in [-0.3, -0.25) is 4.79 Å². The average molecular weight is 414 g/mol. The molecule has 0 saturated carbocycles. The minimum Gasteiger partial charge on any atom is -0.366 e. The standard InChI is InChI=1S/C21H24FN5OS/c1-13-14(2)29-21-19(13)20(24-15(3)25-21)23-12-18(28)27-10-8-26(9-11-27)17-7-5-4-6-16(17)22/h4-7H,8-12H2,1-3H3,(H,23,24,25). The largest absolute Gasteiger partial charge is 0.366 e. The van der Waals surface area contributed by atoms with E-state index in [0.717, 1.165) is 15.8 Å². The summed E-state index contributed by atoms with van der Waals surface area (Å²) in [5.41, 5.74) is 1.75. The van der Waals surface area contributed by atoms with Crippen LogP contribution >= 0.6 is 11.3 Å². The van der Waals surface area contributed by atoms with Crippen molar-refractivity contribution in [1.29, 1.82) is 0 Å². The molecule has 1 fully saturated rings. The molecule has 3 aromatic rings. The van der Waals surface area contributed by atoms with Crippen molar-refractivity contribution in [2.45, 2.75) is 20.8 Å². The Bertz CT molecular complexity index is 1060. The van der Waals surface area contributed by atoms with Crippen LogP contribution in [0.5, 0.6) is 0 Å². The Morgan fingerprint density at radius 2 is 1.86 bits per heavy atom. The molecular weight excluding hydrogens is 389 g/mol. The van der Waals surface area contributed by atoms with Gasteiger partial charge >= 0.3 is 0 Å². The Morgan fingerprint density at radius 1 is 1.14 bits per heavy atom. The maximum atomic E-state index is 14.0. The van der Waals surface area contributed by atoms with E-state index >= 15 is 0 Å². The molecule has 2 aromatic heterocycles. The number of anilines is 2. The summed E-state index contributed by atoms with van der Waals surface area (Å²) in [5, 5.41) is 4.22. The molecule has 1 saturated heterocycles. The summed E-state index contributed by atoms with van der Waals surface area (Å²) < 4.78 is 14.0. The van der Waals surface area contributed by atoms with Crippen molar-refractivity contribution >= 4 is 39.0 Å². The van der Waals surface area contributed by atoms with Gasteiger partial charge in [0.1, 0.15) is 22.3 Å². The molecule has 1 aromatic carbocycles. The molecule has 1 amide bonds. The Hall–Kier alpha value is -2.74. The monoisotopic (exact) mass is 413 g/mol. The molecule has 29 heavy (non-hydrogen) atoms. The molecule has 1 aliphatic rings. The van der Waals surface area contributed by atoms with Crippen LogP contribution in [0.25, 0.3) is 10.2 Å². The van der Waals surface area contributed by atoms with Crippen molar-refractivity contribution in [3.05, 3.63) is 46.3 Å². The van der Waals surface area contributed by atoms with E-state index in [-0.39, 0.29) is 18.3 Å². The van der Waals surface area contributed by atoms with Gasteiger partial charge in [-0.1, -0.05) is 12.1 Å². The molecular formula is C21H24FN5OS. The van der Waals surface area contributed by atoms with Gasteiger partial charge in [0.05, 0.1) is 17.6 Å². The number of piperazine rings is 1. The van der Waals surface area contributed by atoms with Gasteiger partial charge in [-0.2, -0.15) is 0 Å². The van der Waals surface area contributed by atoms with E-state index in [1.807, 2.05) is 22.8 Å². The van der Waals surface area contributed by atoms with Crippen LogP contribution in [0.15, 0.2) is 24.3 Å². The minimum atomic E-state index is -0.224. The zero-order valence-corrected chi connectivity index (χ0v) is 17.6. The molecule has 8 heteroatoms. The summed E-state index contributed by atoms with van der Waals surface area (Å²) in [6, 6.07) is 6.77. The number of carbonyl (C=O) groups is 1. The lowest BCUT2D eigenvalue weighted by molar-refractivity contribution is -0.129. The number of fused-ring (bicyclic) bond motifs is 1. The first-order chi connectivity index (χ1) is 13.9. The molecule has 0 atom stereocenters. The maximum Gasteiger partial charge on any atom is 0.242 e. The first-order valence-corrected chi connectivity index (χ1v) is 10.5. The van der Waals surface area contributed by atoms with Crippen molar-refractivity contribution in [1.82, 2.24) is 14.9 Å². The van der Waals surface area contributed by atoms with Gasteiger partial charge < -0.3 is 15.1 Å². The fourth-order valence-electron chi connectivity index (χ4n) is 3.66. The van der Waals surface area contributed by atoms with Gasteiger partial charge in [0, 0.05) is 31.1 Å². The number of amides is 1. The van der Waals surface area contributed by atoms with Gasteiger partial charge in [-0.15, -0.1) is 11.3 Å². The highest BCUT2D eigenvalue weighted by Crippen LogP contribution is 2.33. The molecule has 0 radical (unpaired) electrons. The number of nitrogens with one attached hydrogen (secondary N) is 1. The molecule has 1 aliphatic heterocycles. The SMILES string of the molecule is Cc1nc(NCC(=O)N2CCN(c3ccccc3F)CC2)c2c(C)c(C)sc2n1. The van der Waals surface area contributed by atoms with Crippen LogP contribution in [0.3, 0.4) is 0 Å². The molecule has 0 bridgehead atoms. The number of hydrogen-bond acceptors (Lipinski definition) is 6. The Kier molecular flexibility index (Phi) is 5.36. The van der Waals surface area contributed by atoms with E-state index in [2.05, 4.69) is 29.1 Å². The fourth-order valence-corrected chi connectivity index (χ4v) is 4.74. The minimum absolute atomic E-state index is 0.0206. The zero-order chi connectivity index (χ0) is 20.5. The molecule has 1 N–H and O–H groups in total. The highest BCUT2D eigenvalue weighted by molar-refractivity contribution is 7.18. The summed E-state index contributed by atoms with van der Waals surface area (Å²) in [6.07, 6.45) is 0. The molecule has 3 heterocycles. The van der Waals surface area contributed by atoms with E-state index < -0.39 is 0 Å². The lowest BCUT2D eigenvalue weighted by Gasteiger charge is -2.36. The smallest absolute Gasteiger partial charge is 0.242 e. The third-order valence-corrected chi connectivity index (χ3v) is 6.47. The number of aryl methyl sites for hydroxylation is 3. The highest BCUT2D eigenvalue weighted by Gasteiger charge is 2.23. The lowest BCUT2D eigenvalue weighted by atomic mass is 10.2. The van der Waals surface area contributed by atoms with Crippen LogP contribution in [0.1, 0.15) is 16.3 Å². The molecule has 4 rings (SSSR count). The number of para-hydroxylation sites is 1. The fraction of sp³-hybridized carbons (Fsp3) is 0.381. The van der Waals surface area contributed by atoms with Gasteiger partial charge in [0.15, 0.2) is 0 Å². The number of hydrogen-bond donors (Lipinski definition) is 1. The second-order valence-corrected chi connectivity index (χ2v) is 8.46. The number of carbonyl (C=O) groups excluding carboxylic acids is 1. The average Bonchev–Trinajstić information content (AvgIpc) is 3.00. The third kappa shape index (κ3) is 3.89. The number of halogens is 1. The number of benzene rings is 1. The molecule has 152 valence electrons. The maximum absolute atomic E-state index is 14.0. The van der Waals surface area contributed by atoms with Gasteiger partial charge in [0.25, 0.3) is 0 Å². The summed E-state index contributed by atoms with van der Waals surface area (Å²) in [4.78, 5) is 27.7. The second-order valence-electron chi connectivity index (χ2n) is 7.26. The zero-order valence-electron chi connectivity index (χ0n) is 16.8. The van der Waals surface area contributed by atoms with Crippen molar-refractivity contribution in [2.24, 2.45) is 0 Å². The van der Waals surface area contributed by atoms with Gasteiger partial charge in [-0.05, 0) is 38.5 Å². The molecule has 0 spiro atoms. The first-order valence-electron chi connectivity index (χ1n) is 9.69. The lowest BCUT2D eigenvalue weighted by Crippen LogP contribution is -2.50. The number of rotatable bonds is 4. The van der Waals surface area contributed by atoms with Gasteiger partial charge in [-0.25, -0.2) is 14.4 Å². The molecule has 0 aliphatic carbocycles. The van der Waals surface area contributed by atoms with Crippen molar-refractivity contribution in [3.63, 3.8) is 0 Å². The summed E-state index contributed by atoms with van der Waals surface area (Å²) >= 11 is 1.65. The normalized spacial score (nSPS) is 14.5. The number of nitrogens with zero attached hydrogens (tertiary/aromatic N) is 4. The van der Waals surface area contributed by atoms with Crippen molar-refractivity contribution in [2.75, 3.05) is 42.9 Å². The Morgan fingerprint density at radius 3 is 2.59 bits per heavy atom. The van der Waals surface area contributed by atoms with E-state index in [0.29, 0.717) is 43.5 Å². The second kappa shape index (κ2) is 7.94. The quantitative estimate of drug-likeness (QED) is 0.709. The van der Waals surface area contributed by atoms with Crippen molar-refractivity contribution in [3.8, 4) is 0 Å². The predicted molar refractivity (Wildman–Crippen MR) is 115 cm³/mol. The Labute approximate surface area is 173 Å². The predicted octanol–water partition coefficient (Wildman–Crippen LogP) is 3.52. The third-order valence-electron chi connectivity index (χ3n) is 5.37. The van der Waals surface area contributed by atoms with Crippen molar-refractivity contribution < 1.29 is 9.18 Å². The summed E-state index contributed by atoms with van der Waals surface area (Å²) in [5.74, 6) is 1.20. The highest BCUT2D eigenvalue weighted by atomic mass is 32.1. The molecule has 0 unspecified atom stereocenters. The van der Waals surface area contributed by atoms with Crippen LogP contribution in [-0.2, 0) is 4.79 Å². The van der Waals surface area contributed by atoms with Crippen LogP contribution in [-0.4, -0.2) is 53.5 Å². The van der Waals surface area contributed by atoms with E-state index in [1.54, 1.807) is 23.5 Å². The van der Waals surface area contributed by atoms with E-state index in [4.69, 9.17) is 0 Å². The van der Waals surface area contributed by atoms with Crippen LogP contribution in [0, 0.1) is 26.6 Å². The van der Waals surface area contributed by atoms with E-state index in [1.165, 1.54) is 10.9 Å². The summed E-state index contributed by atoms with van der Waals surface area (Å²) in [7, 11) is 0. The summed E-state index contributed by atoms with van der Waals surface area (Å²) in [6.45, 7) is 8.55. The molecule has 6 nitrogen and oxygen atoms in total. The van der Waals surface area contributed by atoms with Crippen LogP contribution in [0.4, 0.5) is 15.9 Å². The van der Waals surface area contributed by atoms with Crippen LogP contribution < -0.4 is 10.2 Å². The first kappa shape index (κ1) is 19.6. The topological polar surface area (TPSA) is 61.4 Å². The number of aromatic nitrogens is 2. The van der Waals surface area contributed by atoms with E-state index in [9.17, 15) is 9.18 Å². The number of thiophene rings is 1.